The quantitative estimate of drug-likeness (QED) is 0.492. The monoisotopic (exact) mass is 434 g/mol. The molecule has 0 aliphatic heterocycles. The summed E-state index contributed by atoms with van der Waals surface area (Å²) in [7, 11) is 0. The van der Waals surface area contributed by atoms with Crippen molar-refractivity contribution < 1.29 is 18.4 Å². The van der Waals surface area contributed by atoms with Crippen LogP contribution in [0.15, 0.2) is 62.4 Å². The van der Waals surface area contributed by atoms with E-state index in [0.29, 0.717) is 27.3 Å². The zero-order valence-corrected chi connectivity index (χ0v) is 17.2. The van der Waals surface area contributed by atoms with Gasteiger partial charge in [-0.3, -0.25) is 14.4 Å². The lowest BCUT2D eigenvalue weighted by Crippen LogP contribution is -2.25. The van der Waals surface area contributed by atoms with E-state index >= 15 is 0 Å². The van der Waals surface area contributed by atoms with E-state index < -0.39 is 5.91 Å². The fourth-order valence-corrected chi connectivity index (χ4v) is 5.06. The number of furan rings is 1. The Balaban J connectivity index is 1.43. The van der Waals surface area contributed by atoms with E-state index in [1.165, 1.54) is 17.4 Å². The van der Waals surface area contributed by atoms with Crippen molar-refractivity contribution >= 4 is 39.1 Å². The van der Waals surface area contributed by atoms with Gasteiger partial charge in [-0.15, -0.1) is 11.3 Å². The predicted molar refractivity (Wildman–Crippen MR) is 117 cm³/mol. The molecule has 0 radical (unpaired) electrons. The molecule has 0 fully saturated rings. The van der Waals surface area contributed by atoms with Gasteiger partial charge in [0, 0.05) is 10.9 Å². The Kier molecular flexibility index (Phi) is 4.91. The summed E-state index contributed by atoms with van der Waals surface area (Å²) in [5, 5.41) is 6.51. The van der Waals surface area contributed by atoms with Gasteiger partial charge in [0.25, 0.3) is 11.8 Å². The molecule has 2 N–H and O–H groups in total. The van der Waals surface area contributed by atoms with Crippen LogP contribution in [0.5, 0.6) is 0 Å². The van der Waals surface area contributed by atoms with Crippen LogP contribution in [0.3, 0.4) is 0 Å². The first-order chi connectivity index (χ1) is 15.1. The summed E-state index contributed by atoms with van der Waals surface area (Å²) in [6, 6.07) is 11.5. The molecule has 3 heterocycles. The molecule has 0 atom stereocenters. The normalized spacial score (nSPS) is 12.6. The number of thiophene rings is 1. The Bertz CT molecular complexity index is 1350. The van der Waals surface area contributed by atoms with Crippen LogP contribution in [0.25, 0.3) is 11.0 Å². The first-order valence-corrected chi connectivity index (χ1v) is 10.7. The Morgan fingerprint density at radius 1 is 1.06 bits per heavy atom. The van der Waals surface area contributed by atoms with Gasteiger partial charge in [-0.05, 0) is 49.1 Å². The highest BCUT2D eigenvalue weighted by atomic mass is 32.1. The number of carbonyl (C=O) groups is 2. The van der Waals surface area contributed by atoms with Gasteiger partial charge in [-0.1, -0.05) is 12.1 Å². The highest BCUT2D eigenvalue weighted by Gasteiger charge is 2.28. The molecule has 0 spiro atoms. The minimum Gasteiger partial charge on any atom is -0.467 e. The molecule has 2 amide bonds. The van der Waals surface area contributed by atoms with Crippen LogP contribution in [0.4, 0.5) is 5.00 Å². The molecule has 5 rings (SSSR count). The fourth-order valence-electron chi connectivity index (χ4n) is 3.78. The van der Waals surface area contributed by atoms with Crippen LogP contribution in [-0.4, -0.2) is 11.8 Å². The van der Waals surface area contributed by atoms with Crippen LogP contribution in [-0.2, 0) is 19.4 Å². The second-order valence-electron chi connectivity index (χ2n) is 7.25. The van der Waals surface area contributed by atoms with Crippen molar-refractivity contribution in [2.24, 2.45) is 0 Å². The van der Waals surface area contributed by atoms with Crippen molar-refractivity contribution in [2.45, 2.75) is 25.8 Å². The molecular weight excluding hydrogens is 416 g/mol. The zero-order chi connectivity index (χ0) is 21.4. The summed E-state index contributed by atoms with van der Waals surface area (Å²) in [6.45, 7) is 0.253. The third-order valence-electron chi connectivity index (χ3n) is 5.24. The molecule has 8 heteroatoms. The molecular formula is C23H18N2O5S. The summed E-state index contributed by atoms with van der Waals surface area (Å²) in [5.74, 6) is -0.295. The number of nitrogens with one attached hydrogen (secondary N) is 2. The maximum Gasteiger partial charge on any atom is 0.292 e. The number of hydrogen-bond donors (Lipinski definition) is 2. The Labute approximate surface area is 180 Å². The minimum absolute atomic E-state index is 0.0980. The summed E-state index contributed by atoms with van der Waals surface area (Å²) in [6.07, 6.45) is 4.19. The lowest BCUT2D eigenvalue weighted by atomic mass is 10.1. The van der Waals surface area contributed by atoms with Gasteiger partial charge in [-0.2, -0.15) is 0 Å². The van der Waals surface area contributed by atoms with Crippen molar-refractivity contribution in [3.8, 4) is 0 Å². The largest absolute Gasteiger partial charge is 0.467 e. The van der Waals surface area contributed by atoms with E-state index in [9.17, 15) is 14.4 Å². The van der Waals surface area contributed by atoms with Gasteiger partial charge in [0.05, 0.1) is 23.8 Å². The molecule has 0 saturated heterocycles. The Morgan fingerprint density at radius 3 is 2.77 bits per heavy atom. The standard InChI is InChI=1S/C23H18N2O5S/c26-16-11-18(30-17-8-2-1-6-14(16)17)21(27)25-23-20(15-7-3-9-19(15)31-23)22(28)24-12-13-5-4-10-29-13/h1-2,4-6,8,10-11H,3,7,9,12H2,(H,24,28)(H,25,27). The van der Waals surface area contributed by atoms with E-state index in [4.69, 9.17) is 8.83 Å². The molecule has 1 aliphatic carbocycles. The maximum atomic E-state index is 13.0. The maximum absolute atomic E-state index is 13.0. The Morgan fingerprint density at radius 2 is 1.94 bits per heavy atom. The lowest BCUT2D eigenvalue weighted by Gasteiger charge is -2.09. The van der Waals surface area contributed by atoms with Crippen LogP contribution in [0.1, 0.15) is 43.5 Å². The highest BCUT2D eigenvalue weighted by molar-refractivity contribution is 7.17. The predicted octanol–water partition coefficient (Wildman–Crippen LogP) is 4.12. The first-order valence-electron chi connectivity index (χ1n) is 9.89. The molecule has 4 aromatic rings. The van der Waals surface area contributed by atoms with E-state index in [-0.39, 0.29) is 23.6 Å². The molecule has 0 unspecified atom stereocenters. The highest BCUT2D eigenvalue weighted by Crippen LogP contribution is 2.39. The van der Waals surface area contributed by atoms with Gasteiger partial charge >= 0.3 is 0 Å². The topological polar surface area (TPSA) is 102 Å². The van der Waals surface area contributed by atoms with Gasteiger partial charge < -0.3 is 19.5 Å². The van der Waals surface area contributed by atoms with Gasteiger partial charge in [0.1, 0.15) is 16.3 Å². The molecule has 156 valence electrons. The Hall–Kier alpha value is -3.65. The first kappa shape index (κ1) is 19.3. The molecule has 3 aromatic heterocycles. The number of aryl methyl sites for hydroxylation is 1. The van der Waals surface area contributed by atoms with E-state index in [0.717, 1.165) is 29.7 Å². The molecule has 1 aromatic carbocycles. The van der Waals surface area contributed by atoms with Crippen LogP contribution >= 0.6 is 11.3 Å². The summed E-state index contributed by atoms with van der Waals surface area (Å²) < 4.78 is 10.9. The molecule has 0 bridgehead atoms. The summed E-state index contributed by atoms with van der Waals surface area (Å²) >= 11 is 1.40. The third kappa shape index (κ3) is 3.66. The second kappa shape index (κ2) is 7.88. The van der Waals surface area contributed by atoms with Gasteiger partial charge in [-0.25, -0.2) is 0 Å². The van der Waals surface area contributed by atoms with Crippen molar-refractivity contribution in [1.29, 1.82) is 0 Å². The number of benzene rings is 1. The molecule has 0 saturated carbocycles. The van der Waals surface area contributed by atoms with Gasteiger partial charge in [0.2, 0.25) is 0 Å². The fraction of sp³-hybridized carbons (Fsp3) is 0.174. The average molecular weight is 434 g/mol. The molecule has 31 heavy (non-hydrogen) atoms. The van der Waals surface area contributed by atoms with Crippen LogP contribution in [0.2, 0.25) is 0 Å². The number of fused-ring (bicyclic) bond motifs is 2. The molecule has 1 aliphatic rings. The number of hydrogen-bond acceptors (Lipinski definition) is 6. The second-order valence-corrected chi connectivity index (χ2v) is 8.35. The average Bonchev–Trinajstić information content (AvgIpc) is 3.50. The SMILES string of the molecule is O=C(Nc1sc2c(c1C(=O)NCc1ccco1)CCC2)c1cc(=O)c2ccccc2o1. The smallest absolute Gasteiger partial charge is 0.292 e. The number of para-hydroxylation sites is 1. The van der Waals surface area contributed by atoms with Crippen molar-refractivity contribution in [3.05, 3.63) is 86.5 Å². The van der Waals surface area contributed by atoms with Crippen molar-refractivity contribution in [2.75, 3.05) is 5.32 Å². The van der Waals surface area contributed by atoms with E-state index in [1.54, 1.807) is 42.7 Å². The van der Waals surface area contributed by atoms with Gasteiger partial charge in [0.15, 0.2) is 11.2 Å². The van der Waals surface area contributed by atoms with Crippen molar-refractivity contribution in [1.82, 2.24) is 5.32 Å². The number of anilines is 1. The van der Waals surface area contributed by atoms with Crippen molar-refractivity contribution in [3.63, 3.8) is 0 Å². The summed E-state index contributed by atoms with van der Waals surface area (Å²) in [4.78, 5) is 39.3. The zero-order valence-electron chi connectivity index (χ0n) is 16.4. The number of rotatable bonds is 5. The van der Waals surface area contributed by atoms with E-state index in [1.807, 2.05) is 0 Å². The lowest BCUT2D eigenvalue weighted by molar-refractivity contribution is 0.0948. The van der Waals surface area contributed by atoms with Crippen LogP contribution < -0.4 is 16.1 Å². The van der Waals surface area contributed by atoms with E-state index in [2.05, 4.69) is 10.6 Å². The summed E-state index contributed by atoms with van der Waals surface area (Å²) in [5.41, 5.74) is 1.49. The third-order valence-corrected chi connectivity index (χ3v) is 6.44. The minimum atomic E-state index is -0.567. The van der Waals surface area contributed by atoms with Crippen LogP contribution in [0, 0.1) is 0 Å². The molecule has 7 nitrogen and oxygen atoms in total. The number of amides is 2. The number of carbonyl (C=O) groups excluding carboxylic acids is 2.